The number of likely N-dealkylation sites (tertiary alicyclic amines) is 1. The van der Waals surface area contributed by atoms with E-state index in [2.05, 4.69) is 41.8 Å². The summed E-state index contributed by atoms with van der Waals surface area (Å²) in [6.45, 7) is 3.62. The number of nitrogens with zero attached hydrogens (tertiary/aromatic N) is 1. The number of phenolic OH excluding ortho intramolecular Hbond substituents is 1. The lowest BCUT2D eigenvalue weighted by molar-refractivity contribution is -0.138. The van der Waals surface area contributed by atoms with Gasteiger partial charge in [0.05, 0.1) is 17.5 Å². The highest BCUT2D eigenvalue weighted by Gasteiger charge is 2.36. The van der Waals surface area contributed by atoms with E-state index in [1.165, 1.54) is 24.6 Å². The highest BCUT2D eigenvalue weighted by atomic mass is 32.1. The van der Waals surface area contributed by atoms with Gasteiger partial charge in [-0.2, -0.15) is 12.6 Å². The SMILES string of the molecule is CCC.NC(=O)OCc1ccc(O)c(NC(=O)CNC(=O)CCN2C(=O)CC(S)C2=O)c1. The summed E-state index contributed by atoms with van der Waals surface area (Å²) in [5.74, 6) is -2.21. The van der Waals surface area contributed by atoms with Crippen LogP contribution in [0.4, 0.5) is 10.5 Å². The Bertz CT molecular complexity index is 862. The molecule has 1 aliphatic rings. The lowest BCUT2D eigenvalue weighted by atomic mass is 10.2. The molecule has 0 bridgehead atoms. The molecule has 2 rings (SSSR count). The third-order valence-corrected chi connectivity index (χ3v) is 4.35. The molecular weight excluding hydrogens is 440 g/mol. The van der Waals surface area contributed by atoms with Gasteiger partial charge in [-0.05, 0) is 17.7 Å². The molecule has 0 radical (unpaired) electrons. The molecule has 32 heavy (non-hydrogen) atoms. The summed E-state index contributed by atoms with van der Waals surface area (Å²) in [5.41, 5.74) is 5.41. The van der Waals surface area contributed by atoms with Crippen LogP contribution >= 0.6 is 12.6 Å². The number of primary amides is 1. The first-order chi connectivity index (χ1) is 15.1. The number of carbonyl (C=O) groups excluding carboxylic acids is 5. The Morgan fingerprint density at radius 1 is 1.25 bits per heavy atom. The minimum Gasteiger partial charge on any atom is -0.506 e. The first-order valence-corrected chi connectivity index (χ1v) is 10.4. The number of rotatable bonds is 8. The second kappa shape index (κ2) is 13.2. The van der Waals surface area contributed by atoms with Gasteiger partial charge in [0.2, 0.25) is 23.6 Å². The Kier molecular flexibility index (Phi) is 11.0. The van der Waals surface area contributed by atoms with Crippen molar-refractivity contribution in [1.29, 1.82) is 0 Å². The number of phenols is 1. The zero-order valence-corrected chi connectivity index (χ0v) is 18.8. The lowest BCUT2D eigenvalue weighted by Gasteiger charge is -2.14. The number of imide groups is 1. The quantitative estimate of drug-likeness (QED) is 0.215. The molecule has 176 valence electrons. The van der Waals surface area contributed by atoms with E-state index in [9.17, 15) is 29.1 Å². The normalized spacial score (nSPS) is 15.0. The first kappa shape index (κ1) is 26.8. The Balaban J connectivity index is 0.00000161. The molecule has 1 aromatic carbocycles. The smallest absolute Gasteiger partial charge is 0.404 e. The molecule has 1 saturated heterocycles. The molecule has 1 aromatic rings. The molecule has 0 aliphatic carbocycles. The highest BCUT2D eigenvalue weighted by molar-refractivity contribution is 7.81. The van der Waals surface area contributed by atoms with Crippen molar-refractivity contribution < 1.29 is 33.8 Å². The maximum Gasteiger partial charge on any atom is 0.404 e. The predicted octanol–water partition coefficient (Wildman–Crippen LogP) is 0.906. The van der Waals surface area contributed by atoms with Gasteiger partial charge in [-0.3, -0.25) is 24.1 Å². The average molecular weight is 469 g/mol. The molecule has 1 aliphatic heterocycles. The average Bonchev–Trinajstić information content (AvgIpc) is 2.97. The largest absolute Gasteiger partial charge is 0.506 e. The summed E-state index contributed by atoms with van der Waals surface area (Å²) in [7, 11) is 0. The molecule has 1 fully saturated rings. The minimum absolute atomic E-state index is 0.000985. The maximum atomic E-state index is 12.0. The van der Waals surface area contributed by atoms with E-state index in [4.69, 9.17) is 5.73 Å². The van der Waals surface area contributed by atoms with Gasteiger partial charge < -0.3 is 26.2 Å². The van der Waals surface area contributed by atoms with Gasteiger partial charge >= 0.3 is 6.09 Å². The van der Waals surface area contributed by atoms with Crippen LogP contribution in [0.2, 0.25) is 0 Å². The molecule has 5 amide bonds. The molecule has 0 aromatic heterocycles. The van der Waals surface area contributed by atoms with Crippen LogP contribution in [0.3, 0.4) is 0 Å². The summed E-state index contributed by atoms with van der Waals surface area (Å²) in [5, 5.41) is 13.9. The van der Waals surface area contributed by atoms with Gasteiger partial charge in [-0.25, -0.2) is 4.79 Å². The summed E-state index contributed by atoms with van der Waals surface area (Å²) in [6.07, 6.45) is 0.128. The van der Waals surface area contributed by atoms with Crippen LogP contribution in [0.25, 0.3) is 0 Å². The summed E-state index contributed by atoms with van der Waals surface area (Å²) in [4.78, 5) is 58.8. The number of hydrogen-bond acceptors (Lipinski definition) is 8. The molecule has 12 heteroatoms. The van der Waals surface area contributed by atoms with Gasteiger partial charge in [0, 0.05) is 19.4 Å². The molecule has 1 unspecified atom stereocenters. The summed E-state index contributed by atoms with van der Waals surface area (Å²) >= 11 is 3.99. The zero-order valence-electron chi connectivity index (χ0n) is 17.9. The minimum atomic E-state index is -0.964. The van der Waals surface area contributed by atoms with E-state index >= 15 is 0 Å². The Morgan fingerprint density at radius 3 is 2.47 bits per heavy atom. The number of aromatic hydroxyl groups is 1. The highest BCUT2D eigenvalue weighted by Crippen LogP contribution is 2.24. The van der Waals surface area contributed by atoms with Crippen LogP contribution in [-0.2, 0) is 30.5 Å². The third-order valence-electron chi connectivity index (χ3n) is 3.94. The fourth-order valence-electron chi connectivity index (χ4n) is 2.50. The zero-order chi connectivity index (χ0) is 24.3. The van der Waals surface area contributed by atoms with E-state index in [1.807, 2.05) is 0 Å². The Hall–Kier alpha value is -3.28. The van der Waals surface area contributed by atoms with Crippen LogP contribution in [-0.4, -0.2) is 58.1 Å². The number of carbonyl (C=O) groups is 5. The fourth-order valence-corrected chi connectivity index (χ4v) is 2.80. The van der Waals surface area contributed by atoms with E-state index in [-0.39, 0.29) is 37.4 Å². The Morgan fingerprint density at radius 2 is 1.91 bits per heavy atom. The topological polar surface area (TPSA) is 168 Å². The number of nitrogens with two attached hydrogens (primary N) is 1. The van der Waals surface area contributed by atoms with Crippen LogP contribution in [0.5, 0.6) is 5.75 Å². The van der Waals surface area contributed by atoms with Crippen LogP contribution in [0, 0.1) is 0 Å². The number of amides is 5. The number of thiol groups is 1. The van der Waals surface area contributed by atoms with E-state index in [1.54, 1.807) is 0 Å². The van der Waals surface area contributed by atoms with Gasteiger partial charge in [0.15, 0.2) is 0 Å². The third kappa shape index (κ3) is 8.84. The van der Waals surface area contributed by atoms with Crippen LogP contribution in [0.15, 0.2) is 18.2 Å². The van der Waals surface area contributed by atoms with Crippen molar-refractivity contribution in [3.63, 3.8) is 0 Å². The van der Waals surface area contributed by atoms with Crippen molar-refractivity contribution in [3.8, 4) is 5.75 Å². The summed E-state index contributed by atoms with van der Waals surface area (Å²) < 4.78 is 4.63. The van der Waals surface area contributed by atoms with Crippen molar-refractivity contribution in [1.82, 2.24) is 10.2 Å². The number of nitrogens with one attached hydrogen (secondary N) is 2. The van der Waals surface area contributed by atoms with Gasteiger partial charge in [0.25, 0.3) is 0 Å². The summed E-state index contributed by atoms with van der Waals surface area (Å²) in [6, 6.07) is 4.16. The monoisotopic (exact) mass is 468 g/mol. The number of ether oxygens (including phenoxy) is 1. The lowest BCUT2D eigenvalue weighted by Crippen LogP contribution is -2.37. The van der Waals surface area contributed by atoms with E-state index in [0.717, 1.165) is 4.90 Å². The van der Waals surface area contributed by atoms with Gasteiger partial charge in [-0.15, -0.1) is 0 Å². The molecule has 1 atom stereocenters. The number of hydrogen-bond donors (Lipinski definition) is 5. The number of anilines is 1. The van der Waals surface area contributed by atoms with Crippen molar-refractivity contribution in [2.24, 2.45) is 5.73 Å². The van der Waals surface area contributed by atoms with E-state index in [0.29, 0.717) is 5.56 Å². The molecule has 0 saturated carbocycles. The Labute approximate surface area is 191 Å². The van der Waals surface area contributed by atoms with Crippen molar-refractivity contribution in [2.75, 3.05) is 18.4 Å². The van der Waals surface area contributed by atoms with Crippen LogP contribution in [0.1, 0.15) is 38.7 Å². The molecular formula is C20H28N4O7S. The predicted molar refractivity (Wildman–Crippen MR) is 119 cm³/mol. The van der Waals surface area contributed by atoms with Crippen LogP contribution < -0.4 is 16.4 Å². The second-order valence-electron chi connectivity index (χ2n) is 6.84. The standard InChI is InChI=1S/C17H20N4O7S.C3H8/c18-17(27)28-8-9-1-2-11(22)10(5-9)20-14(24)7-19-13(23)3-4-21-15(25)6-12(29)16(21)26;1-3-2/h1-2,5,12,22,29H,3-4,6-8H2,(H2,18,27)(H,19,23)(H,20,24);3H2,1-2H3. The molecule has 1 heterocycles. The first-order valence-electron chi connectivity index (χ1n) is 9.91. The number of benzene rings is 1. The maximum absolute atomic E-state index is 12.0. The molecule has 0 spiro atoms. The van der Waals surface area contributed by atoms with Crippen molar-refractivity contribution >= 4 is 48.0 Å². The molecule has 11 nitrogen and oxygen atoms in total. The van der Waals surface area contributed by atoms with E-state index < -0.39 is 41.5 Å². The van der Waals surface area contributed by atoms with Gasteiger partial charge in [-0.1, -0.05) is 26.3 Å². The van der Waals surface area contributed by atoms with Crippen molar-refractivity contribution in [3.05, 3.63) is 23.8 Å². The fraction of sp³-hybridized carbons (Fsp3) is 0.450. The van der Waals surface area contributed by atoms with Crippen molar-refractivity contribution in [2.45, 2.75) is 45.0 Å². The second-order valence-corrected chi connectivity index (χ2v) is 7.47. The van der Waals surface area contributed by atoms with Gasteiger partial charge in [0.1, 0.15) is 12.4 Å². The molecule has 5 N–H and O–H groups in total.